The zero-order chi connectivity index (χ0) is 14.8. The van der Waals surface area contributed by atoms with Crippen LogP contribution in [0.5, 0.6) is 0 Å². The lowest BCUT2D eigenvalue weighted by Crippen LogP contribution is -2.10. The quantitative estimate of drug-likeness (QED) is 0.781. The molecule has 0 bridgehead atoms. The highest BCUT2D eigenvalue weighted by Crippen LogP contribution is 2.18. The van der Waals surface area contributed by atoms with Gasteiger partial charge < -0.3 is 4.90 Å². The minimum absolute atomic E-state index is 0.983. The molecule has 19 heavy (non-hydrogen) atoms. The van der Waals surface area contributed by atoms with Crippen LogP contribution in [-0.2, 0) is 6.54 Å². The Morgan fingerprint density at radius 2 is 1.63 bits per heavy atom. The van der Waals surface area contributed by atoms with Crippen molar-refractivity contribution in [2.24, 2.45) is 0 Å². The van der Waals surface area contributed by atoms with E-state index in [1.165, 1.54) is 16.3 Å². The predicted octanol–water partition coefficient (Wildman–Crippen LogP) is 4.66. The molecule has 0 amide bonds. The molecule has 2 rings (SSSR count). The second-order valence-electron chi connectivity index (χ2n) is 4.19. The fraction of sp³-hybridized carbons (Fsp3) is 0.471. The van der Waals surface area contributed by atoms with Gasteiger partial charge in [0.15, 0.2) is 0 Å². The van der Waals surface area contributed by atoms with Gasteiger partial charge in [-0.25, -0.2) is 0 Å². The largest absolute Gasteiger partial charge is 0.305 e. The second-order valence-corrected chi connectivity index (χ2v) is 4.19. The standard InChI is InChI=1S/C13H16N2.2C2H6/c1-10-13-5-4-11(9-15(2)3)8-12(13)6-7-14-10;2*1-2/h4-8H,9H2,1-3H3;2*1-2H3. The summed E-state index contributed by atoms with van der Waals surface area (Å²) in [5.74, 6) is 0. The summed E-state index contributed by atoms with van der Waals surface area (Å²) in [6, 6.07) is 8.65. The van der Waals surface area contributed by atoms with Gasteiger partial charge in [-0.15, -0.1) is 0 Å². The van der Waals surface area contributed by atoms with Crippen molar-refractivity contribution < 1.29 is 0 Å². The van der Waals surface area contributed by atoms with Gasteiger partial charge in [-0.1, -0.05) is 39.8 Å². The van der Waals surface area contributed by atoms with Gasteiger partial charge in [0.1, 0.15) is 0 Å². The van der Waals surface area contributed by atoms with Crippen molar-refractivity contribution in [3.8, 4) is 0 Å². The van der Waals surface area contributed by atoms with Crippen LogP contribution in [0.3, 0.4) is 0 Å². The van der Waals surface area contributed by atoms with E-state index in [0.29, 0.717) is 0 Å². The van der Waals surface area contributed by atoms with Crippen LogP contribution in [0.25, 0.3) is 10.8 Å². The average molecular weight is 260 g/mol. The SMILES string of the molecule is CC.CC.Cc1nccc2cc(CN(C)C)ccc12. The van der Waals surface area contributed by atoms with Crippen LogP contribution in [-0.4, -0.2) is 24.0 Å². The molecule has 2 aromatic rings. The minimum Gasteiger partial charge on any atom is -0.305 e. The van der Waals surface area contributed by atoms with Crippen LogP contribution in [0.4, 0.5) is 0 Å². The molecule has 2 nitrogen and oxygen atoms in total. The minimum atomic E-state index is 0.983. The van der Waals surface area contributed by atoms with E-state index in [-0.39, 0.29) is 0 Å². The number of fused-ring (bicyclic) bond motifs is 1. The molecule has 0 saturated heterocycles. The number of hydrogen-bond acceptors (Lipinski definition) is 2. The maximum atomic E-state index is 4.29. The van der Waals surface area contributed by atoms with Crippen LogP contribution < -0.4 is 0 Å². The highest BCUT2D eigenvalue weighted by Gasteiger charge is 2.00. The van der Waals surface area contributed by atoms with E-state index < -0.39 is 0 Å². The van der Waals surface area contributed by atoms with Crippen molar-refractivity contribution in [1.82, 2.24) is 9.88 Å². The van der Waals surface area contributed by atoms with Gasteiger partial charge in [-0.05, 0) is 44.1 Å². The van der Waals surface area contributed by atoms with Gasteiger partial charge in [0, 0.05) is 23.8 Å². The predicted molar refractivity (Wildman–Crippen MR) is 86.6 cm³/mol. The van der Waals surface area contributed by atoms with Gasteiger partial charge in [0.25, 0.3) is 0 Å². The van der Waals surface area contributed by atoms with Crippen LogP contribution in [0.15, 0.2) is 30.5 Å². The number of aromatic nitrogens is 1. The summed E-state index contributed by atoms with van der Waals surface area (Å²) in [6.45, 7) is 11.0. The lowest BCUT2D eigenvalue weighted by atomic mass is 10.1. The Bertz CT molecular complexity index is 476. The molecular weight excluding hydrogens is 232 g/mol. The van der Waals surface area contributed by atoms with Crippen LogP contribution in [0.2, 0.25) is 0 Å². The van der Waals surface area contributed by atoms with Crippen molar-refractivity contribution >= 4 is 10.8 Å². The molecule has 106 valence electrons. The maximum Gasteiger partial charge on any atom is 0.0450 e. The molecule has 0 radical (unpaired) electrons. The van der Waals surface area contributed by atoms with E-state index in [1.54, 1.807) is 0 Å². The topological polar surface area (TPSA) is 16.1 Å². The van der Waals surface area contributed by atoms with E-state index in [4.69, 9.17) is 0 Å². The van der Waals surface area contributed by atoms with Gasteiger partial charge >= 0.3 is 0 Å². The molecule has 1 aromatic heterocycles. The molecule has 0 aliphatic rings. The molecule has 0 saturated carbocycles. The van der Waals surface area contributed by atoms with E-state index >= 15 is 0 Å². The first-order valence-electron chi connectivity index (χ1n) is 7.16. The summed E-state index contributed by atoms with van der Waals surface area (Å²) in [4.78, 5) is 6.46. The molecule has 0 spiro atoms. The number of rotatable bonds is 2. The summed E-state index contributed by atoms with van der Waals surface area (Å²) in [6.07, 6.45) is 1.87. The molecule has 1 heterocycles. The zero-order valence-corrected chi connectivity index (χ0v) is 13.5. The molecule has 0 unspecified atom stereocenters. The van der Waals surface area contributed by atoms with Gasteiger partial charge in [0.05, 0.1) is 0 Å². The van der Waals surface area contributed by atoms with Gasteiger partial charge in [-0.3, -0.25) is 4.98 Å². The third kappa shape index (κ3) is 5.39. The van der Waals surface area contributed by atoms with E-state index in [9.17, 15) is 0 Å². The summed E-state index contributed by atoms with van der Waals surface area (Å²) < 4.78 is 0. The summed E-state index contributed by atoms with van der Waals surface area (Å²) in [5, 5.41) is 2.53. The van der Waals surface area contributed by atoms with Crippen LogP contribution >= 0.6 is 0 Å². The highest BCUT2D eigenvalue weighted by atomic mass is 15.0. The first-order chi connectivity index (χ1) is 9.16. The zero-order valence-electron chi connectivity index (χ0n) is 13.5. The van der Waals surface area contributed by atoms with E-state index in [1.807, 2.05) is 40.8 Å². The molecule has 0 atom stereocenters. The lowest BCUT2D eigenvalue weighted by Gasteiger charge is -2.10. The smallest absolute Gasteiger partial charge is 0.0450 e. The monoisotopic (exact) mass is 260 g/mol. The summed E-state index contributed by atoms with van der Waals surface area (Å²) in [5.41, 5.74) is 2.45. The Morgan fingerprint density at radius 3 is 2.21 bits per heavy atom. The van der Waals surface area contributed by atoms with Crippen molar-refractivity contribution in [2.45, 2.75) is 41.2 Å². The Morgan fingerprint density at radius 1 is 1.00 bits per heavy atom. The van der Waals surface area contributed by atoms with Gasteiger partial charge in [0.2, 0.25) is 0 Å². The summed E-state index contributed by atoms with van der Waals surface area (Å²) >= 11 is 0. The third-order valence-corrected chi connectivity index (χ3v) is 2.53. The number of nitrogens with zero attached hydrogens (tertiary/aromatic N) is 2. The fourth-order valence-corrected chi connectivity index (χ4v) is 1.84. The Kier molecular flexibility index (Phi) is 8.81. The van der Waals surface area contributed by atoms with Crippen LogP contribution in [0.1, 0.15) is 39.0 Å². The molecule has 1 aromatic carbocycles. The second kappa shape index (κ2) is 9.51. The van der Waals surface area contributed by atoms with Crippen molar-refractivity contribution in [3.63, 3.8) is 0 Å². The molecule has 0 aliphatic carbocycles. The molecular formula is C17H28N2. The molecule has 0 aliphatic heterocycles. The van der Waals surface area contributed by atoms with Gasteiger partial charge in [-0.2, -0.15) is 0 Å². The lowest BCUT2D eigenvalue weighted by molar-refractivity contribution is 0.403. The highest BCUT2D eigenvalue weighted by molar-refractivity contribution is 5.84. The number of hydrogen-bond donors (Lipinski definition) is 0. The van der Waals surface area contributed by atoms with Crippen molar-refractivity contribution in [2.75, 3.05) is 14.1 Å². The Balaban J connectivity index is 0.000000741. The summed E-state index contributed by atoms with van der Waals surface area (Å²) in [7, 11) is 4.17. The maximum absolute atomic E-state index is 4.29. The van der Waals surface area contributed by atoms with Crippen molar-refractivity contribution in [1.29, 1.82) is 0 Å². The first-order valence-corrected chi connectivity index (χ1v) is 7.16. The number of pyridine rings is 1. The number of benzene rings is 1. The first kappa shape index (κ1) is 17.6. The van der Waals surface area contributed by atoms with Crippen molar-refractivity contribution in [3.05, 3.63) is 41.7 Å². The average Bonchev–Trinajstić information content (AvgIpc) is 2.43. The molecule has 0 fully saturated rings. The molecule has 0 N–H and O–H groups in total. The Hall–Kier alpha value is -1.41. The Labute approximate surface area is 118 Å². The number of aryl methyl sites for hydroxylation is 1. The normalized spacial score (nSPS) is 9.47. The third-order valence-electron chi connectivity index (χ3n) is 2.53. The van der Waals surface area contributed by atoms with E-state index in [2.05, 4.69) is 48.2 Å². The van der Waals surface area contributed by atoms with E-state index in [0.717, 1.165) is 12.2 Å². The fourth-order valence-electron chi connectivity index (χ4n) is 1.84. The van der Waals surface area contributed by atoms with Crippen LogP contribution in [0, 0.1) is 6.92 Å². The molecule has 2 heteroatoms.